The largest absolute Gasteiger partial charge is 0.481 e. The van der Waals surface area contributed by atoms with E-state index in [1.807, 2.05) is 12.2 Å². The molecular formula is C14H21NO3. The van der Waals surface area contributed by atoms with Gasteiger partial charge in [0.05, 0.1) is 11.8 Å². The topological polar surface area (TPSA) is 66.4 Å². The molecule has 0 radical (unpaired) electrons. The third kappa shape index (κ3) is 2.92. The molecule has 0 aromatic heterocycles. The van der Waals surface area contributed by atoms with Crippen LogP contribution in [-0.2, 0) is 9.59 Å². The second kappa shape index (κ2) is 5.55. The maximum atomic E-state index is 12.2. The highest BCUT2D eigenvalue weighted by molar-refractivity contribution is 5.85. The summed E-state index contributed by atoms with van der Waals surface area (Å²) >= 11 is 0. The molecule has 1 amide bonds. The Morgan fingerprint density at radius 3 is 2.39 bits per heavy atom. The summed E-state index contributed by atoms with van der Waals surface area (Å²) in [5, 5.41) is 12.2. The number of allylic oxidation sites excluding steroid dienone is 2. The van der Waals surface area contributed by atoms with Crippen LogP contribution in [0.4, 0.5) is 0 Å². The van der Waals surface area contributed by atoms with Gasteiger partial charge in [0.15, 0.2) is 0 Å². The molecule has 4 heteroatoms. The molecule has 0 heterocycles. The average molecular weight is 251 g/mol. The molecule has 0 bridgehead atoms. The van der Waals surface area contributed by atoms with Crippen molar-refractivity contribution in [2.45, 2.75) is 45.1 Å². The maximum absolute atomic E-state index is 12.2. The Labute approximate surface area is 107 Å². The number of amides is 1. The second-order valence-electron chi connectivity index (χ2n) is 5.62. The minimum absolute atomic E-state index is 0.0779. The summed E-state index contributed by atoms with van der Waals surface area (Å²) in [6, 6.07) is 0.243. The van der Waals surface area contributed by atoms with Gasteiger partial charge in [-0.3, -0.25) is 9.59 Å². The third-order valence-corrected chi connectivity index (χ3v) is 4.13. The Morgan fingerprint density at radius 2 is 1.83 bits per heavy atom. The quantitative estimate of drug-likeness (QED) is 0.753. The Kier molecular flexibility index (Phi) is 4.04. The van der Waals surface area contributed by atoms with Crippen molar-refractivity contribution in [3.8, 4) is 0 Å². The summed E-state index contributed by atoms with van der Waals surface area (Å²) < 4.78 is 0. The predicted molar refractivity (Wildman–Crippen MR) is 67.9 cm³/mol. The number of rotatable bonds is 3. The minimum Gasteiger partial charge on any atom is -0.481 e. The lowest BCUT2D eigenvalue weighted by Gasteiger charge is -2.25. The zero-order valence-electron chi connectivity index (χ0n) is 10.8. The molecule has 100 valence electrons. The zero-order valence-corrected chi connectivity index (χ0v) is 10.8. The smallest absolute Gasteiger partial charge is 0.307 e. The fraction of sp³-hybridized carbons (Fsp3) is 0.714. The Hall–Kier alpha value is -1.32. The van der Waals surface area contributed by atoms with Gasteiger partial charge in [-0.2, -0.15) is 0 Å². The molecule has 0 spiro atoms. The van der Waals surface area contributed by atoms with Crippen LogP contribution in [0.25, 0.3) is 0 Å². The van der Waals surface area contributed by atoms with E-state index >= 15 is 0 Å². The molecule has 0 aliphatic heterocycles. The van der Waals surface area contributed by atoms with E-state index in [9.17, 15) is 9.59 Å². The maximum Gasteiger partial charge on any atom is 0.307 e. The highest BCUT2D eigenvalue weighted by Gasteiger charge is 2.35. The first-order valence-electron chi connectivity index (χ1n) is 6.76. The van der Waals surface area contributed by atoms with Crippen LogP contribution >= 0.6 is 0 Å². The molecule has 2 aliphatic carbocycles. The fourth-order valence-corrected chi connectivity index (χ4v) is 3.02. The van der Waals surface area contributed by atoms with Crippen molar-refractivity contribution in [1.29, 1.82) is 0 Å². The molecule has 4 nitrogen and oxygen atoms in total. The lowest BCUT2D eigenvalue weighted by Crippen LogP contribution is -2.42. The molecule has 1 fully saturated rings. The molecule has 2 aliphatic rings. The number of carboxylic acids is 1. The molecule has 18 heavy (non-hydrogen) atoms. The van der Waals surface area contributed by atoms with Crippen molar-refractivity contribution in [2.24, 2.45) is 17.8 Å². The summed E-state index contributed by atoms with van der Waals surface area (Å²) in [4.78, 5) is 23.3. The first-order valence-corrected chi connectivity index (χ1v) is 6.76. The van der Waals surface area contributed by atoms with E-state index in [0.29, 0.717) is 18.8 Å². The van der Waals surface area contributed by atoms with Crippen molar-refractivity contribution < 1.29 is 14.7 Å². The normalized spacial score (nSPS) is 35.4. The summed E-state index contributed by atoms with van der Waals surface area (Å²) in [5.74, 6) is -1.24. The predicted octanol–water partition coefficient (Wildman–Crippen LogP) is 1.96. The van der Waals surface area contributed by atoms with Crippen molar-refractivity contribution in [3.05, 3.63) is 12.2 Å². The number of carboxylic acid groups (broad SMARTS) is 1. The number of carbonyl (C=O) groups excluding carboxylic acids is 1. The number of hydrogen-bond donors (Lipinski definition) is 2. The van der Waals surface area contributed by atoms with Crippen molar-refractivity contribution in [2.75, 3.05) is 0 Å². The summed E-state index contributed by atoms with van der Waals surface area (Å²) in [5.41, 5.74) is 0. The average Bonchev–Trinajstić information content (AvgIpc) is 2.74. The number of aliphatic carboxylic acids is 1. The lowest BCUT2D eigenvalue weighted by molar-refractivity contribution is -0.147. The van der Waals surface area contributed by atoms with Crippen molar-refractivity contribution in [3.63, 3.8) is 0 Å². The second-order valence-corrected chi connectivity index (χ2v) is 5.62. The van der Waals surface area contributed by atoms with Gasteiger partial charge in [-0.1, -0.05) is 19.1 Å². The molecule has 4 unspecified atom stereocenters. The van der Waals surface area contributed by atoms with E-state index in [2.05, 4.69) is 12.2 Å². The van der Waals surface area contributed by atoms with Gasteiger partial charge >= 0.3 is 5.97 Å². The number of carbonyl (C=O) groups is 2. The van der Waals surface area contributed by atoms with Gasteiger partial charge in [-0.15, -0.1) is 0 Å². The van der Waals surface area contributed by atoms with E-state index in [0.717, 1.165) is 19.3 Å². The summed E-state index contributed by atoms with van der Waals surface area (Å²) in [7, 11) is 0. The van der Waals surface area contributed by atoms with Crippen LogP contribution in [0.2, 0.25) is 0 Å². The van der Waals surface area contributed by atoms with E-state index in [-0.39, 0.29) is 11.9 Å². The molecule has 2 rings (SSSR count). The lowest BCUT2D eigenvalue weighted by atomic mass is 9.82. The first-order chi connectivity index (χ1) is 8.58. The minimum atomic E-state index is -0.862. The van der Waals surface area contributed by atoms with Crippen molar-refractivity contribution >= 4 is 11.9 Å². The molecular weight excluding hydrogens is 230 g/mol. The van der Waals surface area contributed by atoms with Crippen LogP contribution in [0, 0.1) is 17.8 Å². The van der Waals surface area contributed by atoms with E-state index in [1.165, 1.54) is 0 Å². The van der Waals surface area contributed by atoms with Gasteiger partial charge in [-0.05, 0) is 38.0 Å². The molecule has 0 saturated heterocycles. The molecule has 0 aromatic rings. The van der Waals surface area contributed by atoms with Gasteiger partial charge < -0.3 is 10.4 Å². The third-order valence-electron chi connectivity index (χ3n) is 4.13. The Morgan fingerprint density at radius 1 is 1.17 bits per heavy atom. The fourth-order valence-electron chi connectivity index (χ4n) is 3.02. The summed E-state index contributed by atoms with van der Waals surface area (Å²) in [6.45, 7) is 2.19. The van der Waals surface area contributed by atoms with Crippen LogP contribution in [0.1, 0.15) is 39.0 Å². The number of nitrogens with one attached hydrogen (secondary N) is 1. The highest BCUT2D eigenvalue weighted by atomic mass is 16.4. The van der Waals surface area contributed by atoms with E-state index in [1.54, 1.807) is 0 Å². The van der Waals surface area contributed by atoms with Crippen molar-refractivity contribution in [1.82, 2.24) is 5.32 Å². The molecule has 2 N–H and O–H groups in total. The first kappa shape index (κ1) is 13.1. The van der Waals surface area contributed by atoms with E-state index in [4.69, 9.17) is 5.11 Å². The van der Waals surface area contributed by atoms with Crippen LogP contribution in [0.3, 0.4) is 0 Å². The van der Waals surface area contributed by atoms with Crippen LogP contribution in [0.5, 0.6) is 0 Å². The molecule has 4 atom stereocenters. The van der Waals surface area contributed by atoms with Crippen LogP contribution in [0.15, 0.2) is 12.2 Å². The van der Waals surface area contributed by atoms with E-state index < -0.39 is 17.8 Å². The monoisotopic (exact) mass is 251 g/mol. The standard InChI is InChI=1S/C14H21NO3/c1-9-6-7-10(8-9)15-13(16)11-4-2-3-5-12(11)14(17)18/h2-3,9-12H,4-8H2,1H3,(H,15,16)(H,17,18). The highest BCUT2D eigenvalue weighted by Crippen LogP contribution is 2.28. The van der Waals surface area contributed by atoms with Gasteiger partial charge in [0, 0.05) is 6.04 Å². The Balaban J connectivity index is 1.94. The van der Waals surface area contributed by atoms with Gasteiger partial charge in [-0.25, -0.2) is 0 Å². The Bertz CT molecular complexity index is 364. The summed E-state index contributed by atoms with van der Waals surface area (Å²) in [6.07, 6.45) is 7.98. The van der Waals surface area contributed by atoms with Gasteiger partial charge in [0.25, 0.3) is 0 Å². The SMILES string of the molecule is CC1CCC(NC(=O)C2CC=CCC2C(=O)O)C1. The van der Waals surface area contributed by atoms with Crippen LogP contribution in [-0.4, -0.2) is 23.0 Å². The van der Waals surface area contributed by atoms with Gasteiger partial charge in [0.2, 0.25) is 5.91 Å². The molecule has 0 aromatic carbocycles. The molecule has 1 saturated carbocycles. The zero-order chi connectivity index (χ0) is 13.1. The number of hydrogen-bond acceptors (Lipinski definition) is 2. The van der Waals surface area contributed by atoms with Gasteiger partial charge in [0.1, 0.15) is 0 Å². The van der Waals surface area contributed by atoms with Crippen LogP contribution < -0.4 is 5.32 Å².